The molecule has 0 aromatic rings. The molecule has 0 saturated heterocycles. The van der Waals surface area contributed by atoms with Gasteiger partial charge in [-0.05, 0) is 31.6 Å². The largest absolute Gasteiger partial charge is 0.355 e. The lowest BCUT2D eigenvalue weighted by molar-refractivity contribution is -0.127. The zero-order valence-electron chi connectivity index (χ0n) is 9.80. The first-order valence-electron chi connectivity index (χ1n) is 6.46. The summed E-state index contributed by atoms with van der Waals surface area (Å²) in [5.74, 6) is 0.900. The highest BCUT2D eigenvalue weighted by atomic mass is 16.2. The molecular weight excluding hydrogens is 200 g/mol. The van der Waals surface area contributed by atoms with E-state index in [0.717, 1.165) is 44.6 Å². The molecule has 88 valence electrons. The summed E-state index contributed by atoms with van der Waals surface area (Å²) in [5.41, 5.74) is -0.695. The van der Waals surface area contributed by atoms with E-state index in [2.05, 4.69) is 11.4 Å². The summed E-state index contributed by atoms with van der Waals surface area (Å²) in [6.45, 7) is 0.749. The summed E-state index contributed by atoms with van der Waals surface area (Å²) >= 11 is 0. The van der Waals surface area contributed by atoms with Gasteiger partial charge in [-0.3, -0.25) is 4.79 Å². The van der Waals surface area contributed by atoms with Gasteiger partial charge < -0.3 is 5.32 Å². The van der Waals surface area contributed by atoms with E-state index in [1.54, 1.807) is 0 Å². The van der Waals surface area contributed by atoms with Crippen LogP contribution in [0.3, 0.4) is 0 Å². The zero-order chi connectivity index (χ0) is 11.4. The fraction of sp³-hybridized carbons (Fsp3) is 0.846. The van der Waals surface area contributed by atoms with Crippen LogP contribution in [0, 0.1) is 22.7 Å². The predicted molar refractivity (Wildman–Crippen MR) is 61.5 cm³/mol. The van der Waals surface area contributed by atoms with Crippen LogP contribution in [0.25, 0.3) is 0 Å². The maximum Gasteiger partial charge on any atom is 0.240 e. The molecular formula is C13H20N2O. The summed E-state index contributed by atoms with van der Waals surface area (Å²) in [6, 6.07) is 2.23. The number of nitriles is 1. The Labute approximate surface area is 97.2 Å². The van der Waals surface area contributed by atoms with Gasteiger partial charge in [0.15, 0.2) is 0 Å². The first-order valence-corrected chi connectivity index (χ1v) is 6.46. The van der Waals surface area contributed by atoms with Crippen molar-refractivity contribution < 1.29 is 4.79 Å². The predicted octanol–water partition coefficient (Wildman–Crippen LogP) is 2.38. The van der Waals surface area contributed by atoms with Gasteiger partial charge in [0.2, 0.25) is 5.91 Å². The number of rotatable bonds is 5. The average molecular weight is 220 g/mol. The van der Waals surface area contributed by atoms with Gasteiger partial charge in [-0.25, -0.2) is 0 Å². The normalized spacial score (nSPS) is 22.7. The number of nitrogens with one attached hydrogen (secondary N) is 1. The molecule has 1 N–H and O–H groups in total. The molecule has 3 heteroatoms. The van der Waals surface area contributed by atoms with Crippen LogP contribution in [0.15, 0.2) is 0 Å². The summed E-state index contributed by atoms with van der Waals surface area (Å²) in [5, 5.41) is 12.1. The molecule has 0 atom stereocenters. The minimum absolute atomic E-state index is 0.0247. The third kappa shape index (κ3) is 2.55. The Morgan fingerprint density at radius 3 is 2.62 bits per heavy atom. The molecule has 0 aliphatic heterocycles. The van der Waals surface area contributed by atoms with Gasteiger partial charge in [-0.2, -0.15) is 5.26 Å². The van der Waals surface area contributed by atoms with Crippen LogP contribution in [-0.4, -0.2) is 12.5 Å². The van der Waals surface area contributed by atoms with Crippen molar-refractivity contribution in [2.45, 2.75) is 51.4 Å². The van der Waals surface area contributed by atoms with E-state index in [1.165, 1.54) is 19.3 Å². The molecule has 2 saturated carbocycles. The minimum atomic E-state index is -0.695. The molecule has 2 aliphatic carbocycles. The summed E-state index contributed by atoms with van der Waals surface area (Å²) in [6.07, 6.45) is 8.58. The maximum absolute atomic E-state index is 11.9. The van der Waals surface area contributed by atoms with E-state index >= 15 is 0 Å². The van der Waals surface area contributed by atoms with E-state index in [4.69, 9.17) is 5.26 Å². The van der Waals surface area contributed by atoms with Crippen molar-refractivity contribution in [3.8, 4) is 6.07 Å². The second-order valence-electron chi connectivity index (χ2n) is 5.24. The van der Waals surface area contributed by atoms with Crippen LogP contribution < -0.4 is 5.32 Å². The topological polar surface area (TPSA) is 52.9 Å². The van der Waals surface area contributed by atoms with Crippen molar-refractivity contribution >= 4 is 5.91 Å². The Kier molecular flexibility index (Phi) is 3.48. The van der Waals surface area contributed by atoms with Gasteiger partial charge in [0, 0.05) is 6.54 Å². The highest BCUT2D eigenvalue weighted by Gasteiger charge is 2.41. The molecule has 0 aromatic carbocycles. The molecule has 0 unspecified atom stereocenters. The monoisotopic (exact) mass is 220 g/mol. The molecule has 0 bridgehead atoms. The summed E-state index contributed by atoms with van der Waals surface area (Å²) < 4.78 is 0. The smallest absolute Gasteiger partial charge is 0.240 e. The van der Waals surface area contributed by atoms with Crippen LogP contribution in [0.2, 0.25) is 0 Å². The maximum atomic E-state index is 11.9. The van der Waals surface area contributed by atoms with E-state index in [9.17, 15) is 4.79 Å². The van der Waals surface area contributed by atoms with Crippen LogP contribution >= 0.6 is 0 Å². The number of nitrogens with zero attached hydrogens (tertiary/aromatic N) is 1. The molecule has 0 radical (unpaired) electrons. The molecule has 0 heterocycles. The van der Waals surface area contributed by atoms with Gasteiger partial charge in [-0.1, -0.05) is 25.7 Å². The Morgan fingerprint density at radius 2 is 2.06 bits per heavy atom. The van der Waals surface area contributed by atoms with E-state index in [0.29, 0.717) is 0 Å². The Bertz CT molecular complexity index is 296. The van der Waals surface area contributed by atoms with Gasteiger partial charge in [0.05, 0.1) is 6.07 Å². The van der Waals surface area contributed by atoms with Crippen molar-refractivity contribution in [1.29, 1.82) is 5.26 Å². The number of hydrogen-bond acceptors (Lipinski definition) is 2. The second kappa shape index (κ2) is 4.86. The fourth-order valence-electron chi connectivity index (χ4n) is 2.54. The van der Waals surface area contributed by atoms with Crippen molar-refractivity contribution in [3.05, 3.63) is 0 Å². The quantitative estimate of drug-likeness (QED) is 0.723. The van der Waals surface area contributed by atoms with Gasteiger partial charge in [0.25, 0.3) is 0 Å². The molecule has 2 fully saturated rings. The number of carbonyl (C=O) groups is 1. The third-order valence-corrected chi connectivity index (χ3v) is 3.88. The van der Waals surface area contributed by atoms with Crippen molar-refractivity contribution in [2.24, 2.45) is 11.3 Å². The minimum Gasteiger partial charge on any atom is -0.355 e. The fourth-order valence-corrected chi connectivity index (χ4v) is 2.54. The number of carbonyl (C=O) groups excluding carboxylic acids is 1. The Balaban J connectivity index is 1.71. The van der Waals surface area contributed by atoms with E-state index in [1.807, 2.05) is 0 Å². The highest BCUT2D eigenvalue weighted by Crippen LogP contribution is 2.37. The lowest BCUT2D eigenvalue weighted by Gasteiger charge is -2.19. The van der Waals surface area contributed by atoms with Gasteiger partial charge in [0.1, 0.15) is 5.41 Å². The molecule has 16 heavy (non-hydrogen) atoms. The molecule has 1 amide bonds. The van der Waals surface area contributed by atoms with Crippen LogP contribution in [0.5, 0.6) is 0 Å². The van der Waals surface area contributed by atoms with Crippen molar-refractivity contribution in [2.75, 3.05) is 6.54 Å². The van der Waals surface area contributed by atoms with Crippen LogP contribution in [-0.2, 0) is 4.79 Å². The summed E-state index contributed by atoms with van der Waals surface area (Å²) in [4.78, 5) is 11.9. The molecule has 3 nitrogen and oxygen atoms in total. The third-order valence-electron chi connectivity index (χ3n) is 3.88. The molecule has 0 spiro atoms. The second-order valence-corrected chi connectivity index (χ2v) is 5.24. The lowest BCUT2D eigenvalue weighted by Crippen LogP contribution is -2.38. The van der Waals surface area contributed by atoms with E-state index in [-0.39, 0.29) is 5.91 Å². The number of hydrogen-bond donors (Lipinski definition) is 1. The number of amides is 1. The average Bonchev–Trinajstić information content (AvgIpc) is 2.99. The SMILES string of the molecule is N#CC1(C(=O)NCCCC2CC2)CCCC1. The van der Waals surface area contributed by atoms with E-state index < -0.39 is 5.41 Å². The van der Waals surface area contributed by atoms with Gasteiger partial charge >= 0.3 is 0 Å². The Morgan fingerprint density at radius 1 is 1.38 bits per heavy atom. The van der Waals surface area contributed by atoms with Crippen LogP contribution in [0.4, 0.5) is 0 Å². The summed E-state index contributed by atoms with van der Waals surface area (Å²) in [7, 11) is 0. The lowest BCUT2D eigenvalue weighted by atomic mass is 9.87. The first-order chi connectivity index (χ1) is 7.77. The van der Waals surface area contributed by atoms with Crippen molar-refractivity contribution in [1.82, 2.24) is 5.32 Å². The van der Waals surface area contributed by atoms with Crippen molar-refractivity contribution in [3.63, 3.8) is 0 Å². The standard InChI is InChI=1S/C13H20N2O/c14-10-13(7-1-2-8-13)12(16)15-9-3-4-11-5-6-11/h11H,1-9H2,(H,15,16). The highest BCUT2D eigenvalue weighted by molar-refractivity contribution is 5.85. The molecule has 2 rings (SSSR count). The van der Waals surface area contributed by atoms with Crippen LogP contribution in [0.1, 0.15) is 51.4 Å². The van der Waals surface area contributed by atoms with Gasteiger partial charge in [-0.15, -0.1) is 0 Å². The first kappa shape index (κ1) is 11.4. The molecule has 0 aromatic heterocycles. The zero-order valence-corrected chi connectivity index (χ0v) is 9.80. The molecule has 2 aliphatic rings. The Hall–Kier alpha value is -1.04.